The molecule has 3 N–H and O–H groups in total. The molecule has 0 saturated carbocycles. The molecule has 2 aromatic heterocycles. The molecule has 0 fully saturated rings. The molecule has 0 aliphatic rings. The number of pyridine rings is 1. The quantitative estimate of drug-likeness (QED) is 0.209. The summed E-state index contributed by atoms with van der Waals surface area (Å²) in [6, 6.07) is 9.48. The largest absolute Gasteiger partial charge is 0.477 e. The number of aromatic carboxylic acids is 1. The summed E-state index contributed by atoms with van der Waals surface area (Å²) in [7, 11) is 5.54. The van der Waals surface area contributed by atoms with Crippen molar-refractivity contribution in [2.75, 3.05) is 51.5 Å². The Labute approximate surface area is 235 Å². The van der Waals surface area contributed by atoms with Gasteiger partial charge in [0, 0.05) is 49.2 Å². The van der Waals surface area contributed by atoms with Crippen molar-refractivity contribution in [1.29, 1.82) is 0 Å². The summed E-state index contributed by atoms with van der Waals surface area (Å²) >= 11 is 5.91. The molecular weight excluding hydrogens is 539 g/mol. The Morgan fingerprint density at radius 2 is 2.02 bits per heavy atom. The van der Waals surface area contributed by atoms with E-state index in [0.717, 1.165) is 13.0 Å². The molecule has 0 spiro atoms. The average molecular weight is 569 g/mol. The van der Waals surface area contributed by atoms with Crippen LogP contribution in [0.1, 0.15) is 16.8 Å². The van der Waals surface area contributed by atoms with Gasteiger partial charge in [-0.2, -0.15) is 4.98 Å². The van der Waals surface area contributed by atoms with Gasteiger partial charge in [0.15, 0.2) is 0 Å². The summed E-state index contributed by atoms with van der Waals surface area (Å²) in [5.74, 6) is -1.06. The van der Waals surface area contributed by atoms with Crippen molar-refractivity contribution in [3.05, 3.63) is 75.4 Å². The number of halogens is 2. The van der Waals surface area contributed by atoms with Gasteiger partial charge in [0.2, 0.25) is 11.4 Å². The van der Waals surface area contributed by atoms with Crippen LogP contribution in [0.4, 0.5) is 21.8 Å². The fourth-order valence-electron chi connectivity index (χ4n) is 4.19. The normalized spacial score (nSPS) is 11.2. The van der Waals surface area contributed by atoms with E-state index in [4.69, 9.17) is 16.3 Å². The van der Waals surface area contributed by atoms with Crippen LogP contribution < -0.4 is 16.1 Å². The van der Waals surface area contributed by atoms with E-state index in [1.54, 1.807) is 30.0 Å². The van der Waals surface area contributed by atoms with E-state index >= 15 is 0 Å². The molecule has 0 bridgehead atoms. The third-order valence-electron chi connectivity index (χ3n) is 6.20. The Kier molecular flexibility index (Phi) is 9.30. The Bertz CT molecular complexity index is 1590. The van der Waals surface area contributed by atoms with Crippen molar-refractivity contribution in [1.82, 2.24) is 19.4 Å². The smallest absolute Gasteiger partial charge is 0.341 e. The zero-order valence-corrected chi connectivity index (χ0v) is 23.1. The molecule has 0 aliphatic carbocycles. The molecule has 0 radical (unpaired) electrons. The number of anilines is 3. The lowest BCUT2D eigenvalue weighted by molar-refractivity contribution is 0.0694. The molecule has 0 saturated heterocycles. The maximum Gasteiger partial charge on any atom is 0.341 e. The number of methoxy groups -OCH3 is 1. The SMILES string of the molecule is COCCn1cc(C(=O)O)c(=O)c2cc(-c3cnc(Nc4ccc(F)c(Cl)c4)nc3NCCCN(C)C)ccc21. The summed E-state index contributed by atoms with van der Waals surface area (Å²) in [5, 5.41) is 16.2. The molecular formula is C28H30ClFN6O4. The molecule has 2 heterocycles. The van der Waals surface area contributed by atoms with Crippen LogP contribution in [0.2, 0.25) is 5.02 Å². The molecule has 40 heavy (non-hydrogen) atoms. The first-order chi connectivity index (χ1) is 19.2. The van der Waals surface area contributed by atoms with E-state index in [-0.39, 0.29) is 21.9 Å². The Morgan fingerprint density at radius 1 is 1.23 bits per heavy atom. The minimum absolute atomic E-state index is 0.0308. The van der Waals surface area contributed by atoms with Crippen LogP contribution in [0.5, 0.6) is 0 Å². The third-order valence-corrected chi connectivity index (χ3v) is 6.49. The van der Waals surface area contributed by atoms with Gasteiger partial charge in [-0.3, -0.25) is 4.79 Å². The molecule has 0 aliphatic heterocycles. The number of ether oxygens (including phenoxy) is 1. The second-order valence-electron chi connectivity index (χ2n) is 9.39. The summed E-state index contributed by atoms with van der Waals surface area (Å²) in [4.78, 5) is 36.1. The van der Waals surface area contributed by atoms with Crippen LogP contribution in [0, 0.1) is 5.82 Å². The number of carboxylic acid groups (broad SMARTS) is 1. The highest BCUT2D eigenvalue weighted by atomic mass is 35.5. The number of hydrogen-bond donors (Lipinski definition) is 3. The summed E-state index contributed by atoms with van der Waals surface area (Å²) in [6.45, 7) is 2.20. The average Bonchev–Trinajstić information content (AvgIpc) is 2.92. The molecule has 4 rings (SSSR count). The molecule has 0 atom stereocenters. The number of benzene rings is 2. The molecule has 4 aromatic rings. The first kappa shape index (κ1) is 28.9. The highest BCUT2D eigenvalue weighted by Gasteiger charge is 2.17. The maximum atomic E-state index is 13.6. The van der Waals surface area contributed by atoms with E-state index in [2.05, 4.69) is 25.5 Å². The van der Waals surface area contributed by atoms with Crippen LogP contribution in [0.15, 0.2) is 53.6 Å². The van der Waals surface area contributed by atoms with Crippen molar-refractivity contribution < 1.29 is 19.0 Å². The molecule has 0 unspecified atom stereocenters. The number of nitrogens with zero attached hydrogens (tertiary/aromatic N) is 4. The fraction of sp³-hybridized carbons (Fsp3) is 0.286. The topological polar surface area (TPSA) is 122 Å². The maximum absolute atomic E-state index is 13.6. The number of fused-ring (bicyclic) bond motifs is 1. The van der Waals surface area contributed by atoms with E-state index in [0.29, 0.717) is 47.8 Å². The van der Waals surface area contributed by atoms with Gasteiger partial charge in [-0.1, -0.05) is 17.7 Å². The van der Waals surface area contributed by atoms with Gasteiger partial charge in [-0.15, -0.1) is 0 Å². The summed E-state index contributed by atoms with van der Waals surface area (Å²) < 4.78 is 20.5. The second-order valence-corrected chi connectivity index (χ2v) is 9.80. The van der Waals surface area contributed by atoms with Gasteiger partial charge < -0.3 is 29.9 Å². The van der Waals surface area contributed by atoms with Crippen LogP contribution in [-0.2, 0) is 11.3 Å². The number of hydrogen-bond acceptors (Lipinski definition) is 8. The number of carboxylic acids is 1. The first-order valence-electron chi connectivity index (χ1n) is 12.6. The Hall–Kier alpha value is -4.06. The van der Waals surface area contributed by atoms with E-state index in [1.807, 2.05) is 20.2 Å². The summed E-state index contributed by atoms with van der Waals surface area (Å²) in [6.07, 6.45) is 3.80. The lowest BCUT2D eigenvalue weighted by Crippen LogP contribution is -2.20. The minimum Gasteiger partial charge on any atom is -0.477 e. The van der Waals surface area contributed by atoms with Gasteiger partial charge in [0.1, 0.15) is 17.2 Å². The van der Waals surface area contributed by atoms with Crippen molar-refractivity contribution in [3.8, 4) is 11.1 Å². The van der Waals surface area contributed by atoms with Gasteiger partial charge in [0.05, 0.1) is 17.1 Å². The van der Waals surface area contributed by atoms with E-state index < -0.39 is 17.2 Å². The van der Waals surface area contributed by atoms with Crippen molar-refractivity contribution >= 4 is 45.9 Å². The van der Waals surface area contributed by atoms with Crippen LogP contribution in [0.25, 0.3) is 22.0 Å². The predicted molar refractivity (Wildman–Crippen MR) is 154 cm³/mol. The number of aromatic nitrogens is 3. The standard InChI is InChI=1S/C28H30ClFN6O4/c1-35(2)10-4-9-31-26-20(15-32-28(34-26)33-18-6-7-23(30)22(29)14-18)17-5-8-24-19(13-17)25(37)21(27(38)39)16-36(24)11-12-40-3/h5-8,13-16H,4,9-12H2,1-3H3,(H,38,39)(H2,31,32,33,34). The van der Waals surface area contributed by atoms with Gasteiger partial charge in [0.25, 0.3) is 0 Å². The van der Waals surface area contributed by atoms with Crippen LogP contribution in [-0.4, -0.2) is 71.4 Å². The first-order valence-corrected chi connectivity index (χ1v) is 12.9. The summed E-state index contributed by atoms with van der Waals surface area (Å²) in [5.41, 5.74) is 1.46. The lowest BCUT2D eigenvalue weighted by atomic mass is 10.0. The van der Waals surface area contributed by atoms with Gasteiger partial charge >= 0.3 is 5.97 Å². The number of carbonyl (C=O) groups is 1. The third kappa shape index (κ3) is 6.74. The molecule has 210 valence electrons. The van der Waals surface area contributed by atoms with Crippen molar-refractivity contribution in [2.24, 2.45) is 0 Å². The zero-order chi connectivity index (χ0) is 28.8. The Morgan fingerprint density at radius 3 is 2.73 bits per heavy atom. The minimum atomic E-state index is -1.30. The highest BCUT2D eigenvalue weighted by molar-refractivity contribution is 6.31. The van der Waals surface area contributed by atoms with Crippen molar-refractivity contribution in [2.45, 2.75) is 13.0 Å². The molecule has 2 aromatic carbocycles. The number of rotatable bonds is 12. The van der Waals surface area contributed by atoms with Gasteiger partial charge in [-0.25, -0.2) is 14.2 Å². The van der Waals surface area contributed by atoms with E-state index in [9.17, 15) is 19.1 Å². The predicted octanol–water partition coefficient (Wildman–Crippen LogP) is 4.70. The molecule has 12 heteroatoms. The molecule has 0 amide bonds. The van der Waals surface area contributed by atoms with Gasteiger partial charge in [-0.05, 0) is 63.0 Å². The molecule has 10 nitrogen and oxygen atoms in total. The van der Waals surface area contributed by atoms with Crippen LogP contribution >= 0.6 is 11.6 Å². The number of nitrogens with one attached hydrogen (secondary N) is 2. The second kappa shape index (κ2) is 12.9. The Balaban J connectivity index is 1.77. The van der Waals surface area contributed by atoms with Crippen LogP contribution in [0.3, 0.4) is 0 Å². The van der Waals surface area contributed by atoms with E-state index in [1.165, 1.54) is 24.4 Å². The zero-order valence-electron chi connectivity index (χ0n) is 22.4. The fourth-order valence-corrected chi connectivity index (χ4v) is 4.37. The van der Waals surface area contributed by atoms with Crippen molar-refractivity contribution in [3.63, 3.8) is 0 Å². The highest BCUT2D eigenvalue weighted by Crippen LogP contribution is 2.30. The lowest BCUT2D eigenvalue weighted by Gasteiger charge is -2.16. The monoisotopic (exact) mass is 568 g/mol.